The lowest BCUT2D eigenvalue weighted by atomic mass is 9.95. The molecule has 2 aromatic rings. The van der Waals surface area contributed by atoms with Crippen LogP contribution in [0.5, 0.6) is 11.5 Å². The molecule has 1 unspecified atom stereocenters. The summed E-state index contributed by atoms with van der Waals surface area (Å²) in [5, 5.41) is 6.78. The molecule has 1 saturated heterocycles. The maximum Gasteiger partial charge on any atom is 0.237 e. The van der Waals surface area contributed by atoms with Gasteiger partial charge < -0.3 is 15.4 Å². The van der Waals surface area contributed by atoms with Crippen LogP contribution in [0, 0.1) is 0 Å². The Bertz CT molecular complexity index is 1110. The highest BCUT2D eigenvalue weighted by Gasteiger charge is 2.24. The molecule has 2 aliphatic rings. The van der Waals surface area contributed by atoms with E-state index < -0.39 is 10.0 Å². The summed E-state index contributed by atoms with van der Waals surface area (Å²) in [7, 11) is -3.30. The van der Waals surface area contributed by atoms with Crippen LogP contribution in [0.25, 0.3) is 0 Å². The van der Waals surface area contributed by atoms with Gasteiger partial charge in [-0.3, -0.25) is 14.4 Å². The van der Waals surface area contributed by atoms with Crippen LogP contribution in [0.1, 0.15) is 57.4 Å². The number of carbonyl (C=O) groups is 1. The number of nitrogens with one attached hydrogen (secondary N) is 3. The van der Waals surface area contributed by atoms with Crippen molar-refractivity contribution in [2.45, 2.75) is 76.5 Å². The van der Waals surface area contributed by atoms with E-state index in [1.165, 1.54) is 24.8 Å². The van der Waals surface area contributed by atoms with Crippen LogP contribution >= 0.6 is 0 Å². The lowest BCUT2D eigenvalue weighted by molar-refractivity contribution is -0.124. The van der Waals surface area contributed by atoms with Crippen molar-refractivity contribution in [3.05, 3.63) is 54.1 Å². The quantitative estimate of drug-likeness (QED) is 0.427. The number of sulfonamides is 1. The van der Waals surface area contributed by atoms with Gasteiger partial charge in [0.25, 0.3) is 0 Å². The van der Waals surface area contributed by atoms with Gasteiger partial charge in [-0.05, 0) is 87.7 Å². The minimum absolute atomic E-state index is 0.137. The topological polar surface area (TPSA) is 99.8 Å². The molecule has 3 N–H and O–H groups in total. The molecular formula is C28H40N4O4S. The van der Waals surface area contributed by atoms with Crippen LogP contribution in [0.15, 0.2) is 48.5 Å². The predicted molar refractivity (Wildman–Crippen MR) is 147 cm³/mol. The fraction of sp³-hybridized carbons (Fsp3) is 0.536. The van der Waals surface area contributed by atoms with Crippen molar-refractivity contribution in [1.82, 2.24) is 15.5 Å². The van der Waals surface area contributed by atoms with E-state index in [1.54, 1.807) is 24.3 Å². The third-order valence-electron chi connectivity index (χ3n) is 7.14. The Morgan fingerprint density at radius 2 is 1.51 bits per heavy atom. The fourth-order valence-corrected chi connectivity index (χ4v) is 5.69. The Labute approximate surface area is 221 Å². The van der Waals surface area contributed by atoms with Gasteiger partial charge in [-0.25, -0.2) is 8.42 Å². The zero-order valence-corrected chi connectivity index (χ0v) is 22.7. The average molecular weight is 529 g/mol. The van der Waals surface area contributed by atoms with E-state index >= 15 is 0 Å². The summed E-state index contributed by atoms with van der Waals surface area (Å²) in [5.41, 5.74) is 1.73. The molecule has 4 rings (SSSR count). The van der Waals surface area contributed by atoms with Gasteiger partial charge in [0.15, 0.2) is 0 Å². The molecule has 0 radical (unpaired) electrons. The van der Waals surface area contributed by atoms with Crippen molar-refractivity contribution in [2.24, 2.45) is 0 Å². The summed E-state index contributed by atoms with van der Waals surface area (Å²) in [6, 6.07) is 15.5. The molecule has 0 spiro atoms. The highest BCUT2D eigenvalue weighted by atomic mass is 32.2. The number of hydrogen-bond acceptors (Lipinski definition) is 6. The van der Waals surface area contributed by atoms with Gasteiger partial charge in [0, 0.05) is 24.3 Å². The van der Waals surface area contributed by atoms with Crippen LogP contribution in [-0.2, 0) is 21.4 Å². The van der Waals surface area contributed by atoms with Crippen LogP contribution in [0.2, 0.25) is 0 Å². The first kappa shape index (κ1) is 27.4. The second-order valence-corrected chi connectivity index (χ2v) is 12.2. The van der Waals surface area contributed by atoms with Gasteiger partial charge in [0.2, 0.25) is 15.9 Å². The first-order chi connectivity index (χ1) is 17.7. The summed E-state index contributed by atoms with van der Waals surface area (Å²) in [6.45, 7) is 4.87. The minimum atomic E-state index is -3.30. The van der Waals surface area contributed by atoms with Gasteiger partial charge in [-0.15, -0.1) is 0 Å². The minimum Gasteiger partial charge on any atom is -0.457 e. The number of benzene rings is 2. The van der Waals surface area contributed by atoms with Crippen molar-refractivity contribution in [3.63, 3.8) is 0 Å². The highest BCUT2D eigenvalue weighted by molar-refractivity contribution is 7.92. The summed E-state index contributed by atoms with van der Waals surface area (Å²) < 4.78 is 31.0. The molecule has 1 heterocycles. The summed E-state index contributed by atoms with van der Waals surface area (Å²) in [5.74, 6) is 1.51. The molecule has 2 aromatic carbocycles. The lowest BCUT2D eigenvalue weighted by Crippen LogP contribution is -2.52. The number of rotatable bonds is 10. The molecule has 37 heavy (non-hydrogen) atoms. The monoisotopic (exact) mass is 528 g/mol. The molecule has 0 aromatic heterocycles. The van der Waals surface area contributed by atoms with Crippen molar-refractivity contribution in [2.75, 3.05) is 24.1 Å². The van der Waals surface area contributed by atoms with Crippen molar-refractivity contribution < 1.29 is 17.9 Å². The van der Waals surface area contributed by atoms with Crippen LogP contribution in [-0.4, -0.2) is 56.7 Å². The van der Waals surface area contributed by atoms with Crippen LogP contribution < -0.4 is 20.1 Å². The molecule has 8 nitrogen and oxygen atoms in total. The molecule has 9 heteroatoms. The van der Waals surface area contributed by atoms with E-state index in [9.17, 15) is 13.2 Å². The molecule has 1 aliphatic carbocycles. The smallest absolute Gasteiger partial charge is 0.237 e. The summed E-state index contributed by atoms with van der Waals surface area (Å²) in [6.07, 6.45) is 9.16. The third kappa shape index (κ3) is 9.02. The Balaban J connectivity index is 1.18. The summed E-state index contributed by atoms with van der Waals surface area (Å²) >= 11 is 0. The second-order valence-electron chi connectivity index (χ2n) is 10.4. The molecule has 2 fully saturated rings. The number of nitrogens with zero attached hydrogens (tertiary/aromatic N) is 1. The molecule has 1 saturated carbocycles. The average Bonchev–Trinajstić information content (AvgIpc) is 2.87. The Morgan fingerprint density at radius 1 is 0.919 bits per heavy atom. The van der Waals surface area contributed by atoms with E-state index in [4.69, 9.17) is 4.74 Å². The molecule has 0 bridgehead atoms. The molecule has 1 amide bonds. The predicted octanol–water partition coefficient (Wildman–Crippen LogP) is 4.24. The van der Waals surface area contributed by atoms with E-state index in [-0.39, 0.29) is 11.9 Å². The van der Waals surface area contributed by atoms with Crippen molar-refractivity contribution in [3.8, 4) is 11.5 Å². The molecule has 202 valence electrons. The number of ether oxygens (including phenoxy) is 1. The van der Waals surface area contributed by atoms with Gasteiger partial charge in [0.05, 0.1) is 12.3 Å². The number of carbonyl (C=O) groups excluding carboxylic acids is 1. The van der Waals surface area contributed by atoms with Crippen molar-refractivity contribution >= 4 is 21.6 Å². The first-order valence-electron chi connectivity index (χ1n) is 13.4. The van der Waals surface area contributed by atoms with Gasteiger partial charge in [0.1, 0.15) is 11.5 Å². The first-order valence-corrected chi connectivity index (χ1v) is 15.3. The van der Waals surface area contributed by atoms with E-state index in [2.05, 4.69) is 32.4 Å². The maximum atomic E-state index is 12.6. The number of hydrogen-bond donors (Lipinski definition) is 3. The molecule has 1 aliphatic heterocycles. The Kier molecular flexibility index (Phi) is 9.45. The Hall–Kier alpha value is -2.62. The second kappa shape index (κ2) is 12.8. The largest absolute Gasteiger partial charge is 0.457 e. The summed E-state index contributed by atoms with van der Waals surface area (Å²) in [4.78, 5) is 15.0. The lowest BCUT2D eigenvalue weighted by Gasteiger charge is -2.34. The number of likely N-dealkylation sites (tertiary alicyclic amines) is 1. The van der Waals surface area contributed by atoms with Gasteiger partial charge in [-0.1, -0.05) is 31.4 Å². The van der Waals surface area contributed by atoms with Gasteiger partial charge in [-0.2, -0.15) is 0 Å². The number of piperidine rings is 1. The van der Waals surface area contributed by atoms with Crippen LogP contribution in [0.4, 0.5) is 5.69 Å². The zero-order chi connectivity index (χ0) is 26.3. The Morgan fingerprint density at radius 3 is 2.11 bits per heavy atom. The number of amides is 1. The van der Waals surface area contributed by atoms with E-state index in [0.29, 0.717) is 23.5 Å². The third-order valence-corrected chi connectivity index (χ3v) is 7.75. The van der Waals surface area contributed by atoms with Crippen molar-refractivity contribution in [1.29, 1.82) is 0 Å². The standard InChI is InChI=1S/C28H40N4O4S/c1-21(28(33)30-23-6-4-3-5-7-23)29-24-16-18-32(19-17-24)20-22-8-12-26(13-9-22)36-27-14-10-25(11-15-27)31-37(2,34)35/h8-15,21,23-24,29,31H,3-7,16-20H2,1-2H3,(H,30,33). The normalized spacial score (nSPS) is 18.8. The van der Waals surface area contributed by atoms with Gasteiger partial charge >= 0.3 is 0 Å². The molecule has 1 atom stereocenters. The van der Waals surface area contributed by atoms with E-state index in [0.717, 1.165) is 57.3 Å². The maximum absolute atomic E-state index is 12.6. The SMILES string of the molecule is CC(NC1CCN(Cc2ccc(Oc3ccc(NS(C)(=O)=O)cc3)cc2)CC1)C(=O)NC1CCCCC1. The van der Waals surface area contributed by atoms with E-state index in [1.807, 2.05) is 19.1 Å². The zero-order valence-electron chi connectivity index (χ0n) is 21.9. The highest BCUT2D eigenvalue weighted by Crippen LogP contribution is 2.24. The van der Waals surface area contributed by atoms with Crippen LogP contribution in [0.3, 0.4) is 0 Å². The number of anilines is 1. The fourth-order valence-electron chi connectivity index (χ4n) is 5.12. The molecular weight excluding hydrogens is 488 g/mol.